The first-order chi connectivity index (χ1) is 17.1. The number of aliphatic hydroxyl groups excluding tert-OH is 1. The molecule has 1 saturated carbocycles. The largest absolute Gasteiger partial charge is 0.491 e. The molecule has 7 nitrogen and oxygen atoms in total. The molecule has 0 spiro atoms. The zero-order valence-corrected chi connectivity index (χ0v) is 21.4. The van der Waals surface area contributed by atoms with Crippen molar-refractivity contribution < 1.29 is 14.6 Å². The summed E-state index contributed by atoms with van der Waals surface area (Å²) < 4.78 is 15.0. The minimum absolute atomic E-state index is 0.158. The van der Waals surface area contributed by atoms with Crippen molar-refractivity contribution in [2.45, 2.75) is 44.2 Å². The van der Waals surface area contributed by atoms with Gasteiger partial charge in [-0.1, -0.05) is 6.07 Å². The third-order valence-corrected chi connectivity index (χ3v) is 7.83. The minimum Gasteiger partial charge on any atom is -0.491 e. The highest BCUT2D eigenvalue weighted by atomic mass is 79.9. The van der Waals surface area contributed by atoms with Gasteiger partial charge < -0.3 is 19.5 Å². The molecule has 2 aliphatic rings. The summed E-state index contributed by atoms with van der Waals surface area (Å²) in [6.45, 7) is 3.04. The molecule has 2 aromatic carbocycles. The highest BCUT2D eigenvalue weighted by Gasteiger charge is 2.26. The summed E-state index contributed by atoms with van der Waals surface area (Å²) in [7, 11) is 0. The Labute approximate surface area is 214 Å². The first-order valence-electron chi connectivity index (χ1n) is 12.4. The number of hydrogen-bond acceptors (Lipinski definition) is 6. The maximum absolute atomic E-state index is 9.41. The molecule has 8 heteroatoms. The Kier molecular flexibility index (Phi) is 7.57. The van der Waals surface area contributed by atoms with E-state index in [1.54, 1.807) is 12.1 Å². The summed E-state index contributed by atoms with van der Waals surface area (Å²) in [6, 6.07) is 14.1. The number of nitriles is 1. The number of nitrogens with zero attached hydrogens (tertiary/aromatic N) is 4. The van der Waals surface area contributed by atoms with E-state index in [0.29, 0.717) is 43.1 Å². The topological polar surface area (TPSA) is 83.5 Å². The Balaban J connectivity index is 1.16. The second-order valence-electron chi connectivity index (χ2n) is 9.54. The Hall–Kier alpha value is -2.60. The molecule has 184 valence electrons. The van der Waals surface area contributed by atoms with Crippen LogP contribution in [0.25, 0.3) is 10.9 Å². The first-order valence-corrected chi connectivity index (χ1v) is 13.2. The fourth-order valence-corrected chi connectivity index (χ4v) is 5.80. The predicted molar refractivity (Wildman–Crippen MR) is 139 cm³/mol. The number of halogens is 1. The lowest BCUT2D eigenvalue weighted by Crippen LogP contribution is -2.24. The molecule has 0 amide bonds. The summed E-state index contributed by atoms with van der Waals surface area (Å²) in [6.07, 6.45) is 7.58. The normalized spacial score (nSPS) is 22.4. The molecule has 1 aliphatic heterocycles. The van der Waals surface area contributed by atoms with Gasteiger partial charge in [-0.25, -0.2) is 0 Å². The van der Waals surface area contributed by atoms with Gasteiger partial charge in [0.05, 0.1) is 41.6 Å². The van der Waals surface area contributed by atoms with Crippen molar-refractivity contribution in [3.05, 3.63) is 52.6 Å². The molecule has 35 heavy (non-hydrogen) atoms. The monoisotopic (exact) mass is 538 g/mol. The second kappa shape index (κ2) is 11.0. The van der Waals surface area contributed by atoms with Gasteiger partial charge in [-0.05, 0) is 84.3 Å². The second-order valence-corrected chi connectivity index (χ2v) is 10.4. The first kappa shape index (κ1) is 24.1. The van der Waals surface area contributed by atoms with E-state index in [4.69, 9.17) is 19.8 Å². The van der Waals surface area contributed by atoms with E-state index in [9.17, 15) is 5.11 Å². The van der Waals surface area contributed by atoms with Gasteiger partial charge in [-0.15, -0.1) is 0 Å². The van der Waals surface area contributed by atoms with Gasteiger partial charge in [0.15, 0.2) is 0 Å². The number of ether oxygens (including phenoxy) is 2. The summed E-state index contributed by atoms with van der Waals surface area (Å²) in [5.41, 5.74) is 2.77. The van der Waals surface area contributed by atoms with Crippen LogP contribution in [-0.4, -0.2) is 53.9 Å². The van der Waals surface area contributed by atoms with Crippen LogP contribution in [0, 0.1) is 17.2 Å². The minimum atomic E-state index is 0.158. The molecule has 1 atom stereocenters. The van der Waals surface area contributed by atoms with Crippen molar-refractivity contribution in [2.75, 3.05) is 37.8 Å². The van der Waals surface area contributed by atoms with Crippen molar-refractivity contribution in [3.8, 4) is 11.8 Å². The molecule has 1 aromatic heterocycles. The molecule has 2 fully saturated rings. The molecule has 3 aromatic rings. The maximum Gasteiger partial charge on any atom is 0.120 e. The van der Waals surface area contributed by atoms with E-state index in [0.717, 1.165) is 66.3 Å². The zero-order chi connectivity index (χ0) is 24.2. The molecular formula is C27H31BrN4O3. The summed E-state index contributed by atoms with van der Waals surface area (Å²) in [5, 5.41) is 24.5. The third-order valence-electron chi connectivity index (χ3n) is 7.19. The lowest BCUT2D eigenvalue weighted by Gasteiger charge is -2.27. The molecule has 0 bridgehead atoms. The molecule has 2 heterocycles. The van der Waals surface area contributed by atoms with E-state index in [-0.39, 0.29) is 6.10 Å². The molecule has 0 radical (unpaired) electrons. The highest BCUT2D eigenvalue weighted by molar-refractivity contribution is 9.10. The van der Waals surface area contributed by atoms with E-state index < -0.39 is 0 Å². The van der Waals surface area contributed by atoms with Crippen LogP contribution in [0.1, 0.15) is 43.7 Å². The Bertz CT molecular complexity index is 1200. The highest BCUT2D eigenvalue weighted by Crippen LogP contribution is 2.36. The van der Waals surface area contributed by atoms with Gasteiger partial charge in [-0.2, -0.15) is 10.4 Å². The van der Waals surface area contributed by atoms with Gasteiger partial charge in [0.1, 0.15) is 12.4 Å². The van der Waals surface area contributed by atoms with Gasteiger partial charge in [-0.3, -0.25) is 4.68 Å². The van der Waals surface area contributed by atoms with E-state index in [1.807, 2.05) is 12.1 Å². The number of aliphatic hydroxyl groups is 1. The smallest absolute Gasteiger partial charge is 0.120 e. The standard InChI is InChI=1S/C27H31BrN4O3/c28-25-13-21-16-32(22-6-4-19(18-33)5-7-22)30-26(21)14-27(25)31-9-8-24(17-31)35-11-10-34-23-3-1-2-20(12-23)15-29/h1-3,12-14,16,19,22,24,33H,4-11,17-18H2/t19-,22-,24-/m1/s1. The molecule has 5 rings (SSSR count). The van der Waals surface area contributed by atoms with Crippen LogP contribution in [0.3, 0.4) is 0 Å². The third kappa shape index (κ3) is 5.64. The number of hydrogen-bond donors (Lipinski definition) is 1. The zero-order valence-electron chi connectivity index (χ0n) is 19.8. The SMILES string of the molecule is N#Cc1cccc(OCCO[C@@H]2CCN(c3cc4nn([C@H]5CC[C@H](CO)CC5)cc4cc3Br)C2)c1. The fraction of sp³-hybridized carbons (Fsp3) is 0.481. The molecular weight excluding hydrogens is 508 g/mol. The number of aromatic nitrogens is 2. The van der Waals surface area contributed by atoms with E-state index in [2.05, 4.69) is 49.9 Å². The number of fused-ring (bicyclic) bond motifs is 1. The number of anilines is 1. The van der Waals surface area contributed by atoms with Gasteiger partial charge in [0.2, 0.25) is 0 Å². The lowest BCUT2D eigenvalue weighted by molar-refractivity contribution is 0.0465. The van der Waals surface area contributed by atoms with Crippen molar-refractivity contribution in [2.24, 2.45) is 5.92 Å². The summed E-state index contributed by atoms with van der Waals surface area (Å²) in [4.78, 5) is 2.36. The van der Waals surface area contributed by atoms with Crippen LogP contribution in [0.5, 0.6) is 5.75 Å². The van der Waals surface area contributed by atoms with Crippen LogP contribution in [-0.2, 0) is 4.74 Å². The Morgan fingerprint density at radius 3 is 2.77 bits per heavy atom. The molecule has 1 aliphatic carbocycles. The summed E-state index contributed by atoms with van der Waals surface area (Å²) >= 11 is 3.78. The van der Waals surface area contributed by atoms with Crippen LogP contribution < -0.4 is 9.64 Å². The van der Waals surface area contributed by atoms with Gasteiger partial charge >= 0.3 is 0 Å². The van der Waals surface area contributed by atoms with Crippen LogP contribution in [0.2, 0.25) is 0 Å². The maximum atomic E-state index is 9.41. The van der Waals surface area contributed by atoms with Crippen LogP contribution >= 0.6 is 15.9 Å². The van der Waals surface area contributed by atoms with Gasteiger partial charge in [0.25, 0.3) is 0 Å². The summed E-state index contributed by atoms with van der Waals surface area (Å²) in [5.74, 6) is 1.14. The molecule has 1 saturated heterocycles. The number of benzene rings is 2. The van der Waals surface area contributed by atoms with Crippen LogP contribution in [0.15, 0.2) is 47.1 Å². The average molecular weight is 539 g/mol. The van der Waals surface area contributed by atoms with Crippen molar-refractivity contribution in [1.29, 1.82) is 5.26 Å². The van der Waals surface area contributed by atoms with E-state index >= 15 is 0 Å². The van der Waals surface area contributed by atoms with Crippen LogP contribution in [0.4, 0.5) is 5.69 Å². The van der Waals surface area contributed by atoms with Crippen molar-refractivity contribution >= 4 is 32.5 Å². The average Bonchev–Trinajstić information content (AvgIpc) is 3.53. The quantitative estimate of drug-likeness (QED) is 0.403. The fourth-order valence-electron chi connectivity index (χ4n) is 5.19. The van der Waals surface area contributed by atoms with Crippen molar-refractivity contribution in [1.82, 2.24) is 9.78 Å². The lowest BCUT2D eigenvalue weighted by atomic mass is 9.87. The molecule has 0 unspecified atom stereocenters. The Morgan fingerprint density at radius 2 is 1.97 bits per heavy atom. The number of rotatable bonds is 8. The van der Waals surface area contributed by atoms with Crippen molar-refractivity contribution in [3.63, 3.8) is 0 Å². The Morgan fingerprint density at radius 1 is 1.11 bits per heavy atom. The molecule has 1 N–H and O–H groups in total. The van der Waals surface area contributed by atoms with Gasteiger partial charge in [0, 0.05) is 35.8 Å². The predicted octanol–water partition coefficient (Wildman–Crippen LogP) is 5.07. The van der Waals surface area contributed by atoms with E-state index in [1.165, 1.54) is 0 Å².